The molecule has 7 nitrogen and oxygen atoms in total. The van der Waals surface area contributed by atoms with E-state index >= 15 is 0 Å². The number of methoxy groups -OCH3 is 1. The number of nitrogens with one attached hydrogen (secondary N) is 1. The fourth-order valence-electron chi connectivity index (χ4n) is 1.36. The van der Waals surface area contributed by atoms with E-state index < -0.39 is 0 Å². The third kappa shape index (κ3) is 3.90. The molecule has 0 aromatic carbocycles. The second kappa shape index (κ2) is 7.05. The van der Waals surface area contributed by atoms with E-state index in [9.17, 15) is 0 Å². The summed E-state index contributed by atoms with van der Waals surface area (Å²) >= 11 is 1.54. The molecule has 8 heteroatoms. The van der Waals surface area contributed by atoms with Crippen molar-refractivity contribution in [2.75, 3.05) is 31.3 Å². The number of imidazole rings is 1. The van der Waals surface area contributed by atoms with Gasteiger partial charge in [-0.3, -0.25) is 4.57 Å². The molecule has 0 amide bonds. The fourth-order valence-corrected chi connectivity index (χ4v) is 2.09. The largest absolute Gasteiger partial charge is 0.384 e. The predicted octanol–water partition coefficient (Wildman–Crippen LogP) is 1.23. The minimum absolute atomic E-state index is 0.559. The first kappa shape index (κ1) is 13.8. The van der Waals surface area contributed by atoms with Crippen molar-refractivity contribution in [3.8, 4) is 5.95 Å². The molecule has 0 aliphatic heterocycles. The average Bonchev–Trinajstić information content (AvgIpc) is 2.93. The lowest BCUT2D eigenvalue weighted by atomic mass is 10.7. The molecule has 0 fully saturated rings. The molecule has 0 radical (unpaired) electrons. The fraction of sp³-hybridized carbons (Fsp3) is 0.455. The highest BCUT2D eigenvalue weighted by molar-refractivity contribution is 7.99. The van der Waals surface area contributed by atoms with Gasteiger partial charge in [0, 0.05) is 31.8 Å². The zero-order valence-corrected chi connectivity index (χ0v) is 11.7. The number of aromatic nitrogens is 5. The third-order valence-corrected chi connectivity index (χ3v) is 3.00. The molecular weight excluding hydrogens is 264 g/mol. The van der Waals surface area contributed by atoms with Gasteiger partial charge in [-0.1, -0.05) is 11.8 Å². The maximum Gasteiger partial charge on any atom is 0.240 e. The van der Waals surface area contributed by atoms with Crippen LogP contribution in [-0.2, 0) is 4.74 Å². The number of thioether (sulfide) groups is 1. The van der Waals surface area contributed by atoms with Crippen molar-refractivity contribution in [1.82, 2.24) is 24.5 Å². The van der Waals surface area contributed by atoms with Gasteiger partial charge in [0.15, 0.2) is 5.16 Å². The molecule has 0 bridgehead atoms. The van der Waals surface area contributed by atoms with Crippen LogP contribution in [0.2, 0.25) is 0 Å². The van der Waals surface area contributed by atoms with Crippen LogP contribution in [0.1, 0.15) is 6.92 Å². The van der Waals surface area contributed by atoms with Gasteiger partial charge in [0.2, 0.25) is 11.9 Å². The van der Waals surface area contributed by atoms with Crippen LogP contribution in [0.5, 0.6) is 0 Å². The molecule has 0 saturated heterocycles. The van der Waals surface area contributed by atoms with Gasteiger partial charge in [-0.15, -0.1) is 0 Å². The quantitative estimate of drug-likeness (QED) is 0.603. The van der Waals surface area contributed by atoms with E-state index in [-0.39, 0.29) is 0 Å². The molecular formula is C11H16N6OS. The van der Waals surface area contributed by atoms with Crippen LogP contribution >= 0.6 is 11.8 Å². The topological polar surface area (TPSA) is 77.8 Å². The second-order valence-corrected chi connectivity index (χ2v) is 4.65. The van der Waals surface area contributed by atoms with Crippen LogP contribution in [0.4, 0.5) is 5.95 Å². The molecule has 2 aromatic rings. The van der Waals surface area contributed by atoms with Gasteiger partial charge in [0.1, 0.15) is 6.33 Å². The van der Waals surface area contributed by atoms with Crippen LogP contribution in [0.15, 0.2) is 23.9 Å². The predicted molar refractivity (Wildman–Crippen MR) is 73.7 cm³/mol. The Morgan fingerprint density at radius 3 is 2.95 bits per heavy atom. The number of rotatable bonds is 7. The lowest BCUT2D eigenvalue weighted by Gasteiger charge is -2.07. The van der Waals surface area contributed by atoms with Crippen LogP contribution in [0.25, 0.3) is 5.95 Å². The number of ether oxygens (including phenoxy) is 1. The normalized spacial score (nSPS) is 10.6. The van der Waals surface area contributed by atoms with Crippen molar-refractivity contribution >= 4 is 17.7 Å². The zero-order valence-electron chi connectivity index (χ0n) is 10.9. The first-order valence-corrected chi connectivity index (χ1v) is 6.92. The van der Waals surface area contributed by atoms with Crippen LogP contribution < -0.4 is 5.32 Å². The third-order valence-electron chi connectivity index (χ3n) is 2.19. The van der Waals surface area contributed by atoms with Crippen molar-refractivity contribution in [3.63, 3.8) is 0 Å². The van der Waals surface area contributed by atoms with Crippen LogP contribution in [0, 0.1) is 0 Å². The second-order valence-electron chi connectivity index (χ2n) is 3.58. The summed E-state index contributed by atoms with van der Waals surface area (Å²) in [6.45, 7) is 3.42. The van der Waals surface area contributed by atoms with E-state index in [1.165, 1.54) is 11.8 Å². The SMILES string of the molecule is CCNc1nc(SCCOC)nc(-n2ccnc2)n1. The van der Waals surface area contributed by atoms with Gasteiger partial charge in [-0.2, -0.15) is 15.0 Å². The van der Waals surface area contributed by atoms with Crippen molar-refractivity contribution in [2.24, 2.45) is 0 Å². The van der Waals surface area contributed by atoms with Gasteiger partial charge in [0.25, 0.3) is 0 Å². The lowest BCUT2D eigenvalue weighted by Crippen LogP contribution is -2.09. The van der Waals surface area contributed by atoms with Gasteiger partial charge >= 0.3 is 0 Å². The average molecular weight is 280 g/mol. The highest BCUT2D eigenvalue weighted by atomic mass is 32.2. The van der Waals surface area contributed by atoms with E-state index in [2.05, 4.69) is 25.3 Å². The highest BCUT2D eigenvalue weighted by Gasteiger charge is 2.08. The number of anilines is 1. The Labute approximate surface area is 115 Å². The lowest BCUT2D eigenvalue weighted by molar-refractivity contribution is 0.218. The molecule has 0 aliphatic rings. The summed E-state index contributed by atoms with van der Waals surface area (Å²) in [5, 5.41) is 3.77. The molecule has 19 heavy (non-hydrogen) atoms. The molecule has 0 aliphatic carbocycles. The summed E-state index contributed by atoms with van der Waals surface area (Å²) in [7, 11) is 1.68. The standard InChI is InChI=1S/C11H16N6OS/c1-3-13-9-14-10(17-5-4-12-8-17)16-11(15-9)19-7-6-18-2/h4-5,8H,3,6-7H2,1-2H3,(H,13,14,15,16). The van der Waals surface area contributed by atoms with Gasteiger partial charge in [-0.05, 0) is 6.92 Å². The maximum atomic E-state index is 5.02. The van der Waals surface area contributed by atoms with E-state index in [1.54, 1.807) is 30.4 Å². The first-order chi connectivity index (χ1) is 9.33. The Morgan fingerprint density at radius 2 is 2.26 bits per heavy atom. The first-order valence-electron chi connectivity index (χ1n) is 5.93. The van der Waals surface area contributed by atoms with Gasteiger partial charge < -0.3 is 10.1 Å². The Kier molecular flexibility index (Phi) is 5.10. The molecule has 2 aromatic heterocycles. The van der Waals surface area contributed by atoms with E-state index in [0.29, 0.717) is 23.7 Å². The Balaban J connectivity index is 2.22. The molecule has 2 heterocycles. The van der Waals surface area contributed by atoms with E-state index in [1.807, 2.05) is 6.92 Å². The highest BCUT2D eigenvalue weighted by Crippen LogP contribution is 2.15. The minimum atomic E-state index is 0.559. The van der Waals surface area contributed by atoms with Crippen molar-refractivity contribution in [2.45, 2.75) is 12.1 Å². The smallest absolute Gasteiger partial charge is 0.240 e. The van der Waals surface area contributed by atoms with Gasteiger partial charge in [0.05, 0.1) is 6.61 Å². The summed E-state index contributed by atoms with van der Waals surface area (Å²) < 4.78 is 6.77. The van der Waals surface area contributed by atoms with E-state index in [4.69, 9.17) is 4.74 Å². The Hall–Kier alpha value is -1.67. The van der Waals surface area contributed by atoms with E-state index in [0.717, 1.165) is 12.3 Å². The summed E-state index contributed by atoms with van der Waals surface area (Å²) in [6, 6.07) is 0. The summed E-state index contributed by atoms with van der Waals surface area (Å²) in [5.41, 5.74) is 0. The molecule has 1 N–H and O–H groups in total. The number of hydrogen-bond donors (Lipinski definition) is 1. The van der Waals surface area contributed by atoms with Gasteiger partial charge in [-0.25, -0.2) is 4.98 Å². The summed E-state index contributed by atoms with van der Waals surface area (Å²) in [5.74, 6) is 1.93. The summed E-state index contributed by atoms with van der Waals surface area (Å²) in [6.07, 6.45) is 5.15. The van der Waals surface area contributed by atoms with Crippen molar-refractivity contribution < 1.29 is 4.74 Å². The monoisotopic (exact) mass is 280 g/mol. The molecule has 0 spiro atoms. The summed E-state index contributed by atoms with van der Waals surface area (Å²) in [4.78, 5) is 17.1. The molecule has 2 rings (SSSR count). The zero-order chi connectivity index (χ0) is 13.5. The number of hydrogen-bond acceptors (Lipinski definition) is 7. The molecule has 0 saturated carbocycles. The minimum Gasteiger partial charge on any atom is -0.384 e. The molecule has 0 atom stereocenters. The Morgan fingerprint density at radius 1 is 1.37 bits per heavy atom. The van der Waals surface area contributed by atoms with Crippen molar-refractivity contribution in [3.05, 3.63) is 18.7 Å². The maximum absolute atomic E-state index is 5.02. The van der Waals surface area contributed by atoms with Crippen LogP contribution in [0.3, 0.4) is 0 Å². The molecule has 0 unspecified atom stereocenters. The Bertz CT molecular complexity index is 504. The molecule has 102 valence electrons. The van der Waals surface area contributed by atoms with Crippen LogP contribution in [-0.4, -0.2) is 50.5 Å². The number of nitrogens with zero attached hydrogens (tertiary/aromatic N) is 5. The van der Waals surface area contributed by atoms with Crippen molar-refractivity contribution in [1.29, 1.82) is 0 Å².